The van der Waals surface area contributed by atoms with Crippen molar-refractivity contribution in [3.8, 4) is 11.4 Å². The van der Waals surface area contributed by atoms with E-state index < -0.39 is 0 Å². The van der Waals surface area contributed by atoms with Gasteiger partial charge in [0.15, 0.2) is 0 Å². The third-order valence-electron chi connectivity index (χ3n) is 5.30. The Morgan fingerprint density at radius 2 is 2.14 bits per heavy atom. The molecule has 5 rings (SSSR count). The summed E-state index contributed by atoms with van der Waals surface area (Å²) in [5.41, 5.74) is 3.50. The van der Waals surface area contributed by atoms with Crippen LogP contribution in [-0.2, 0) is 0 Å². The maximum Gasteiger partial charge on any atom is 0.274 e. The molecule has 0 radical (unpaired) electrons. The summed E-state index contributed by atoms with van der Waals surface area (Å²) >= 11 is 0. The van der Waals surface area contributed by atoms with Gasteiger partial charge in [-0.15, -0.1) is 0 Å². The van der Waals surface area contributed by atoms with Crippen LogP contribution >= 0.6 is 0 Å². The molecule has 1 saturated carbocycles. The molecule has 1 aliphatic rings. The second kappa shape index (κ2) is 6.82. The van der Waals surface area contributed by atoms with Gasteiger partial charge in [-0.3, -0.25) is 9.20 Å². The normalized spacial score (nSPS) is 18.6. The van der Waals surface area contributed by atoms with Crippen LogP contribution in [0.2, 0.25) is 0 Å². The maximum absolute atomic E-state index is 12.8. The number of amides is 1. The number of imidazole rings is 1. The van der Waals surface area contributed by atoms with E-state index in [2.05, 4.69) is 20.4 Å². The Morgan fingerprint density at radius 1 is 1.28 bits per heavy atom. The van der Waals surface area contributed by atoms with Gasteiger partial charge in [-0.25, -0.2) is 4.98 Å². The molecule has 3 heterocycles. The van der Waals surface area contributed by atoms with Crippen LogP contribution < -0.4 is 5.32 Å². The van der Waals surface area contributed by atoms with Crippen LogP contribution in [0.4, 0.5) is 5.69 Å². The van der Waals surface area contributed by atoms with Crippen LogP contribution in [0.1, 0.15) is 40.7 Å². The minimum absolute atomic E-state index is 0.117. The monoisotopic (exact) mass is 389 g/mol. The molecule has 0 unspecified atom stereocenters. The number of nitrogens with one attached hydrogen (secondary N) is 1. The van der Waals surface area contributed by atoms with Crippen LogP contribution in [-0.4, -0.2) is 36.6 Å². The number of benzene rings is 1. The van der Waals surface area contributed by atoms with Gasteiger partial charge in [0.1, 0.15) is 11.3 Å². The minimum Gasteiger partial charge on any atom is -0.393 e. The molecule has 3 aromatic heterocycles. The van der Waals surface area contributed by atoms with Gasteiger partial charge < -0.3 is 14.9 Å². The fourth-order valence-electron chi connectivity index (χ4n) is 3.49. The zero-order valence-corrected chi connectivity index (χ0v) is 15.7. The van der Waals surface area contributed by atoms with Gasteiger partial charge in [0, 0.05) is 23.4 Å². The predicted octanol–water partition coefficient (Wildman–Crippen LogP) is 3.18. The fraction of sp³-hybridized carbons (Fsp3) is 0.238. The second-order valence-electron chi connectivity index (χ2n) is 7.33. The average molecular weight is 389 g/mol. The first kappa shape index (κ1) is 17.6. The van der Waals surface area contributed by atoms with Crippen molar-refractivity contribution >= 4 is 17.2 Å². The van der Waals surface area contributed by atoms with Crippen LogP contribution in [0.15, 0.2) is 53.3 Å². The molecule has 0 aliphatic heterocycles. The summed E-state index contributed by atoms with van der Waals surface area (Å²) in [4.78, 5) is 21.5. The number of carbonyl (C=O) groups is 1. The van der Waals surface area contributed by atoms with Crippen LogP contribution in [0.25, 0.3) is 17.0 Å². The number of aryl methyl sites for hydroxylation is 1. The predicted molar refractivity (Wildman–Crippen MR) is 106 cm³/mol. The van der Waals surface area contributed by atoms with Gasteiger partial charge >= 0.3 is 0 Å². The number of rotatable bonds is 4. The van der Waals surface area contributed by atoms with Gasteiger partial charge in [0.25, 0.3) is 5.91 Å². The average Bonchev–Trinajstić information content (AvgIpc) is 3.34. The minimum atomic E-state index is -0.281. The van der Waals surface area contributed by atoms with Crippen molar-refractivity contribution in [2.24, 2.45) is 0 Å². The molecule has 29 heavy (non-hydrogen) atoms. The lowest BCUT2D eigenvalue weighted by Gasteiger charge is -2.27. The standard InChI is InChI=1S/C21H19N5O3/c1-12-5-6-13(19-24-21(29-25-19)14-8-15(27)9-14)10-16(12)23-20(28)17-11-22-18-4-2-3-7-26(17)18/h2-7,10-11,14-15,27H,8-9H2,1H3,(H,23,28)/t14-,15-. The summed E-state index contributed by atoms with van der Waals surface area (Å²) in [7, 11) is 0. The summed E-state index contributed by atoms with van der Waals surface area (Å²) in [6.07, 6.45) is 4.38. The SMILES string of the molecule is Cc1ccc(-c2noc([C@H]3C[C@H](O)C3)n2)cc1NC(=O)c1cnc2ccccn12. The zero-order chi connectivity index (χ0) is 20.0. The van der Waals surface area contributed by atoms with Crippen molar-refractivity contribution in [1.29, 1.82) is 0 Å². The highest BCUT2D eigenvalue weighted by Crippen LogP contribution is 2.36. The third kappa shape index (κ3) is 3.17. The lowest BCUT2D eigenvalue weighted by molar-refractivity contribution is 0.0625. The van der Waals surface area contributed by atoms with Crippen molar-refractivity contribution in [3.63, 3.8) is 0 Å². The van der Waals surface area contributed by atoms with E-state index >= 15 is 0 Å². The molecule has 0 bridgehead atoms. The number of aliphatic hydroxyl groups excluding tert-OH is 1. The molecule has 1 fully saturated rings. The van der Waals surface area contributed by atoms with E-state index in [1.807, 2.05) is 43.3 Å². The largest absolute Gasteiger partial charge is 0.393 e. The van der Waals surface area contributed by atoms with Crippen LogP contribution in [0.3, 0.4) is 0 Å². The summed E-state index contributed by atoms with van der Waals surface area (Å²) in [6.45, 7) is 1.92. The maximum atomic E-state index is 12.8. The van der Waals surface area contributed by atoms with E-state index in [4.69, 9.17) is 4.52 Å². The third-order valence-corrected chi connectivity index (χ3v) is 5.30. The van der Waals surface area contributed by atoms with Gasteiger partial charge in [-0.2, -0.15) is 4.98 Å². The lowest BCUT2D eigenvalue weighted by atomic mass is 9.82. The van der Waals surface area contributed by atoms with E-state index in [0.717, 1.165) is 11.1 Å². The first-order valence-electron chi connectivity index (χ1n) is 9.44. The fourth-order valence-corrected chi connectivity index (χ4v) is 3.49. The molecule has 4 aromatic rings. The zero-order valence-electron chi connectivity index (χ0n) is 15.7. The van der Waals surface area contributed by atoms with Gasteiger partial charge in [-0.05, 0) is 43.5 Å². The smallest absolute Gasteiger partial charge is 0.274 e. The van der Waals surface area contributed by atoms with E-state index in [-0.39, 0.29) is 17.9 Å². The molecule has 1 amide bonds. The van der Waals surface area contributed by atoms with Crippen molar-refractivity contribution in [3.05, 3.63) is 65.9 Å². The van der Waals surface area contributed by atoms with Crippen LogP contribution in [0, 0.1) is 6.92 Å². The van der Waals surface area contributed by atoms with E-state index in [1.165, 1.54) is 0 Å². The van der Waals surface area contributed by atoms with Crippen LogP contribution in [0.5, 0.6) is 0 Å². The molecule has 146 valence electrons. The number of fused-ring (bicyclic) bond motifs is 1. The van der Waals surface area contributed by atoms with Crippen molar-refractivity contribution in [2.75, 3.05) is 5.32 Å². The first-order chi connectivity index (χ1) is 14.1. The van der Waals surface area contributed by atoms with E-state index in [1.54, 1.807) is 16.8 Å². The highest BCUT2D eigenvalue weighted by atomic mass is 16.5. The molecule has 8 nitrogen and oxygen atoms in total. The number of nitrogens with zero attached hydrogens (tertiary/aromatic N) is 4. The number of aliphatic hydroxyl groups is 1. The molecule has 0 spiro atoms. The molecular formula is C21H19N5O3. The summed E-state index contributed by atoms with van der Waals surface area (Å²) in [6, 6.07) is 11.2. The van der Waals surface area contributed by atoms with Gasteiger partial charge in [-0.1, -0.05) is 23.4 Å². The number of hydrogen-bond donors (Lipinski definition) is 2. The summed E-state index contributed by atoms with van der Waals surface area (Å²) < 4.78 is 7.10. The number of aromatic nitrogens is 4. The second-order valence-corrected chi connectivity index (χ2v) is 7.33. The van der Waals surface area contributed by atoms with E-state index in [0.29, 0.717) is 41.6 Å². The van der Waals surface area contributed by atoms with Crippen molar-refractivity contribution in [2.45, 2.75) is 31.8 Å². The van der Waals surface area contributed by atoms with Gasteiger partial charge in [0.2, 0.25) is 11.7 Å². The Balaban J connectivity index is 1.40. The first-order valence-corrected chi connectivity index (χ1v) is 9.44. The Morgan fingerprint density at radius 3 is 2.97 bits per heavy atom. The Labute approximate surface area is 166 Å². The molecule has 1 aromatic carbocycles. The number of pyridine rings is 1. The van der Waals surface area contributed by atoms with Crippen molar-refractivity contribution < 1.29 is 14.4 Å². The summed E-state index contributed by atoms with van der Waals surface area (Å²) in [5.74, 6) is 0.876. The highest BCUT2D eigenvalue weighted by molar-refractivity contribution is 6.04. The molecule has 8 heteroatoms. The number of carbonyl (C=O) groups excluding carboxylic acids is 1. The Kier molecular flexibility index (Phi) is 4.13. The lowest BCUT2D eigenvalue weighted by Crippen LogP contribution is -2.26. The summed E-state index contributed by atoms with van der Waals surface area (Å²) in [5, 5.41) is 16.5. The molecular weight excluding hydrogens is 370 g/mol. The van der Waals surface area contributed by atoms with Gasteiger partial charge in [0.05, 0.1) is 12.3 Å². The molecule has 1 aliphatic carbocycles. The quantitative estimate of drug-likeness (QED) is 0.555. The molecule has 0 atom stereocenters. The van der Waals surface area contributed by atoms with Crippen molar-refractivity contribution in [1.82, 2.24) is 19.5 Å². The number of anilines is 1. The molecule has 0 saturated heterocycles. The highest BCUT2D eigenvalue weighted by Gasteiger charge is 2.33. The van der Waals surface area contributed by atoms with E-state index in [9.17, 15) is 9.90 Å². The topological polar surface area (TPSA) is 106 Å². The number of hydrogen-bond acceptors (Lipinski definition) is 6. The Bertz CT molecular complexity index is 1210. The Hall–Kier alpha value is -3.52. The molecule has 2 N–H and O–H groups in total.